The van der Waals surface area contributed by atoms with Gasteiger partial charge in [0.05, 0.1) is 7.11 Å². The molecule has 158 valence electrons. The van der Waals surface area contributed by atoms with Gasteiger partial charge < -0.3 is 24.6 Å². The highest BCUT2D eigenvalue weighted by atomic mass is 16.5. The third kappa shape index (κ3) is 67.7. The highest BCUT2D eigenvalue weighted by molar-refractivity contribution is 5.73. The Balaban J connectivity index is -0.0000000724. The zero-order valence-corrected chi connectivity index (χ0v) is 18.6. The molecule has 0 aliphatic rings. The summed E-state index contributed by atoms with van der Waals surface area (Å²) in [5.74, 6) is -0.0208. The summed E-state index contributed by atoms with van der Waals surface area (Å²) < 4.78 is 8.36. The minimum Gasteiger partial charge on any atom is -0.469 e. The molecule has 26 heavy (non-hydrogen) atoms. The number of nitrogens with zero attached hydrogens (tertiary/aromatic N) is 2. The Labute approximate surface area is 159 Å². The van der Waals surface area contributed by atoms with Crippen LogP contribution in [0.3, 0.4) is 0 Å². The van der Waals surface area contributed by atoms with E-state index < -0.39 is 0 Å². The Morgan fingerprint density at radius 1 is 0.846 bits per heavy atom. The predicted octanol–water partition coefficient (Wildman–Crippen LogP) is 0.773. The zero-order chi connectivity index (χ0) is 22.3. The van der Waals surface area contributed by atoms with Crippen LogP contribution in [0.15, 0.2) is 0 Å². The SMILES string of the molecule is CC(=O)N(C)C.CCN(C)C(C)=O.CNC(C)=O.COC.COC(C)=O. The number of hydrogen-bond donors (Lipinski definition) is 1. The molecule has 3 amide bonds. The maximum Gasteiger partial charge on any atom is 0.302 e. The van der Waals surface area contributed by atoms with Crippen LogP contribution in [0.25, 0.3) is 0 Å². The predicted molar refractivity (Wildman–Crippen MR) is 104 cm³/mol. The molecule has 0 fully saturated rings. The number of ether oxygens (including phenoxy) is 2. The lowest BCUT2D eigenvalue weighted by atomic mass is 10.6. The van der Waals surface area contributed by atoms with Gasteiger partial charge in [0.1, 0.15) is 0 Å². The van der Waals surface area contributed by atoms with E-state index in [4.69, 9.17) is 0 Å². The van der Waals surface area contributed by atoms with Gasteiger partial charge in [-0.15, -0.1) is 0 Å². The van der Waals surface area contributed by atoms with Gasteiger partial charge in [0.2, 0.25) is 17.7 Å². The first-order valence-electron chi connectivity index (χ1n) is 7.81. The van der Waals surface area contributed by atoms with Crippen LogP contribution in [0, 0.1) is 0 Å². The van der Waals surface area contributed by atoms with E-state index in [2.05, 4.69) is 14.8 Å². The van der Waals surface area contributed by atoms with Crippen LogP contribution in [0.1, 0.15) is 34.6 Å². The Morgan fingerprint density at radius 2 is 1.08 bits per heavy atom. The monoisotopic (exact) mass is 381 g/mol. The van der Waals surface area contributed by atoms with E-state index in [-0.39, 0.29) is 23.7 Å². The van der Waals surface area contributed by atoms with Crippen LogP contribution in [-0.2, 0) is 28.7 Å². The van der Waals surface area contributed by atoms with Gasteiger partial charge in [0.15, 0.2) is 0 Å². The molecule has 9 heteroatoms. The summed E-state index contributed by atoms with van der Waals surface area (Å²) in [5, 5.41) is 2.39. The number of nitrogens with one attached hydrogen (secondary N) is 1. The Bertz CT molecular complexity index is 346. The molecule has 0 spiro atoms. The number of hydrogen-bond acceptors (Lipinski definition) is 6. The van der Waals surface area contributed by atoms with Gasteiger partial charge in [0.25, 0.3) is 0 Å². The van der Waals surface area contributed by atoms with Gasteiger partial charge in [-0.2, -0.15) is 0 Å². The summed E-state index contributed by atoms with van der Waals surface area (Å²) in [6.07, 6.45) is 0. The smallest absolute Gasteiger partial charge is 0.302 e. The molecule has 0 aliphatic carbocycles. The van der Waals surface area contributed by atoms with E-state index in [9.17, 15) is 19.2 Å². The largest absolute Gasteiger partial charge is 0.469 e. The molecular formula is C17H39N3O6. The molecule has 1 N–H and O–H groups in total. The standard InChI is InChI=1S/C5H11NO.C4H9NO.C3H7NO.C3H6O2.C2H6O/c1-4-6(3)5(2)7;1-4(6)5(2)3;1-3(5)4-2;1-3(4)5-2;1-3-2/h4H2,1-3H3;1-3H3;1-2H3,(H,4,5);1-2H3;1-2H3. The second-order valence-electron chi connectivity index (χ2n) is 4.86. The van der Waals surface area contributed by atoms with E-state index in [1.807, 2.05) is 6.92 Å². The highest BCUT2D eigenvalue weighted by Crippen LogP contribution is 1.78. The summed E-state index contributed by atoms with van der Waals surface area (Å²) >= 11 is 0. The molecule has 0 heterocycles. The number of methoxy groups -OCH3 is 2. The molecule has 0 rings (SSSR count). The van der Waals surface area contributed by atoms with E-state index in [0.717, 1.165) is 6.54 Å². The van der Waals surface area contributed by atoms with Crippen molar-refractivity contribution in [3.8, 4) is 0 Å². The van der Waals surface area contributed by atoms with Gasteiger partial charge in [-0.25, -0.2) is 0 Å². The average molecular weight is 382 g/mol. The lowest BCUT2D eigenvalue weighted by Crippen LogP contribution is -2.22. The van der Waals surface area contributed by atoms with Crippen LogP contribution in [-0.4, -0.2) is 89.6 Å². The normalized spacial score (nSPS) is 7.38. The fourth-order valence-electron chi connectivity index (χ4n) is 0.223. The highest BCUT2D eigenvalue weighted by Gasteiger charge is 1.93. The fraction of sp³-hybridized carbons (Fsp3) is 0.765. The Morgan fingerprint density at radius 3 is 1.08 bits per heavy atom. The van der Waals surface area contributed by atoms with Crippen molar-refractivity contribution in [2.24, 2.45) is 0 Å². The van der Waals surface area contributed by atoms with Crippen molar-refractivity contribution < 1.29 is 28.7 Å². The molecule has 0 atom stereocenters. The molecule has 0 bridgehead atoms. The number of carbonyl (C=O) groups excluding carboxylic acids is 4. The quantitative estimate of drug-likeness (QED) is 0.673. The summed E-state index contributed by atoms with van der Waals surface area (Å²) in [6.45, 7) is 8.67. The third-order valence-corrected chi connectivity index (χ3v) is 2.28. The van der Waals surface area contributed by atoms with Crippen molar-refractivity contribution in [1.82, 2.24) is 15.1 Å². The zero-order valence-electron chi connectivity index (χ0n) is 18.6. The molecule has 0 radical (unpaired) electrons. The first kappa shape index (κ1) is 35.0. The molecule has 0 saturated heterocycles. The van der Waals surface area contributed by atoms with Crippen LogP contribution in [0.4, 0.5) is 0 Å². The molecule has 0 aromatic carbocycles. The summed E-state index contributed by atoms with van der Waals surface area (Å²) in [6, 6.07) is 0. The summed E-state index contributed by atoms with van der Waals surface area (Å²) in [7, 11) is 11.4. The van der Waals surface area contributed by atoms with Gasteiger partial charge in [-0.3, -0.25) is 19.2 Å². The van der Waals surface area contributed by atoms with Crippen molar-refractivity contribution in [2.45, 2.75) is 34.6 Å². The van der Waals surface area contributed by atoms with Crippen molar-refractivity contribution in [3.63, 3.8) is 0 Å². The molecule has 0 aromatic heterocycles. The second-order valence-corrected chi connectivity index (χ2v) is 4.86. The van der Waals surface area contributed by atoms with Gasteiger partial charge >= 0.3 is 5.97 Å². The topological polar surface area (TPSA) is 105 Å². The summed E-state index contributed by atoms with van der Waals surface area (Å²) in [5.41, 5.74) is 0. The molecule has 0 aromatic rings. The maximum atomic E-state index is 10.3. The number of carbonyl (C=O) groups is 4. The molecule has 0 unspecified atom stereocenters. The average Bonchev–Trinajstić information content (AvgIpc) is 2.56. The van der Waals surface area contributed by atoms with Gasteiger partial charge in [-0.05, 0) is 6.92 Å². The summed E-state index contributed by atoms with van der Waals surface area (Å²) in [4.78, 5) is 42.8. The molecule has 0 saturated carbocycles. The molecule has 0 aliphatic heterocycles. The van der Waals surface area contributed by atoms with Crippen LogP contribution in [0.5, 0.6) is 0 Å². The van der Waals surface area contributed by atoms with E-state index in [1.165, 1.54) is 32.8 Å². The van der Waals surface area contributed by atoms with Crippen molar-refractivity contribution in [1.29, 1.82) is 0 Å². The number of esters is 1. The van der Waals surface area contributed by atoms with Crippen LogP contribution >= 0.6 is 0 Å². The number of rotatable bonds is 1. The maximum absolute atomic E-state index is 10.3. The number of amides is 3. The minimum atomic E-state index is -0.245. The van der Waals surface area contributed by atoms with E-state index >= 15 is 0 Å². The first-order valence-corrected chi connectivity index (χ1v) is 7.81. The second kappa shape index (κ2) is 27.7. The lowest BCUT2D eigenvalue weighted by molar-refractivity contribution is -0.138. The third-order valence-electron chi connectivity index (χ3n) is 2.28. The van der Waals surface area contributed by atoms with E-state index in [0.29, 0.717) is 0 Å². The van der Waals surface area contributed by atoms with Gasteiger partial charge in [-0.1, -0.05) is 0 Å². The van der Waals surface area contributed by atoms with Crippen molar-refractivity contribution in [3.05, 3.63) is 0 Å². The lowest BCUT2D eigenvalue weighted by Gasteiger charge is -2.09. The van der Waals surface area contributed by atoms with Crippen LogP contribution in [0.2, 0.25) is 0 Å². The Kier molecular flexibility index (Phi) is 37.3. The molecular weight excluding hydrogens is 342 g/mol. The minimum absolute atomic E-state index is 0.00463. The van der Waals surface area contributed by atoms with Crippen LogP contribution < -0.4 is 5.32 Å². The van der Waals surface area contributed by atoms with Crippen molar-refractivity contribution in [2.75, 3.05) is 56.1 Å². The fourth-order valence-corrected chi connectivity index (χ4v) is 0.223. The first-order chi connectivity index (χ1) is 11.8. The Hall–Kier alpha value is -2.16. The van der Waals surface area contributed by atoms with E-state index in [1.54, 1.807) is 54.2 Å². The molecule has 9 nitrogen and oxygen atoms in total. The van der Waals surface area contributed by atoms with Crippen molar-refractivity contribution >= 4 is 23.7 Å². The van der Waals surface area contributed by atoms with Gasteiger partial charge in [0, 0.05) is 76.6 Å².